The van der Waals surface area contributed by atoms with Gasteiger partial charge in [-0.1, -0.05) is 30.3 Å². The van der Waals surface area contributed by atoms with Crippen molar-refractivity contribution < 1.29 is 14.4 Å². The van der Waals surface area contributed by atoms with Crippen molar-refractivity contribution in [2.45, 2.75) is 24.8 Å². The molecule has 3 aliphatic rings. The molecule has 160 valence electrons. The second kappa shape index (κ2) is 7.81. The maximum Gasteiger partial charge on any atom is 0.261 e. The van der Waals surface area contributed by atoms with Gasteiger partial charge in [-0.2, -0.15) is 0 Å². The van der Waals surface area contributed by atoms with E-state index in [1.807, 2.05) is 18.2 Å². The van der Waals surface area contributed by atoms with Crippen LogP contribution < -0.4 is 10.2 Å². The fourth-order valence-electron chi connectivity index (χ4n) is 5.07. The number of para-hydroxylation sites is 1. The van der Waals surface area contributed by atoms with Crippen LogP contribution in [0.25, 0.3) is 0 Å². The normalized spacial score (nSPS) is 20.5. The first-order chi connectivity index (χ1) is 15.1. The number of anilines is 1. The molecule has 0 aliphatic carbocycles. The standard InChI is InChI=1S/C24H26N4O3/c29-21-19-9-4-5-10-20(19)22(30)27(21)14-6-13-26-15-11-24(12-16-26)23(31)25-17-28(24)18-7-2-1-3-8-18/h1-5,7-10H,6,11-17H2,(H,25,31). The van der Waals surface area contributed by atoms with Crippen LogP contribution in [0.3, 0.4) is 0 Å². The van der Waals surface area contributed by atoms with Crippen LogP contribution in [0.1, 0.15) is 40.0 Å². The Bertz CT molecular complexity index is 979. The summed E-state index contributed by atoms with van der Waals surface area (Å²) in [6.45, 7) is 3.40. The molecule has 0 atom stereocenters. The van der Waals surface area contributed by atoms with Gasteiger partial charge in [0.2, 0.25) is 5.91 Å². The van der Waals surface area contributed by atoms with Gasteiger partial charge in [0.15, 0.2) is 0 Å². The SMILES string of the molecule is O=C1c2ccccc2C(=O)N1CCCN1CCC2(CC1)C(=O)NCN2c1ccccc1. The van der Waals surface area contributed by atoms with Crippen LogP contribution >= 0.6 is 0 Å². The number of benzene rings is 2. The molecular weight excluding hydrogens is 392 g/mol. The number of nitrogens with one attached hydrogen (secondary N) is 1. The Kier molecular flexibility index (Phi) is 4.98. The molecule has 7 heteroatoms. The number of hydrogen-bond donors (Lipinski definition) is 1. The highest BCUT2D eigenvalue weighted by Crippen LogP contribution is 2.36. The Hall–Kier alpha value is -3.19. The lowest BCUT2D eigenvalue weighted by Gasteiger charge is -2.43. The topological polar surface area (TPSA) is 73.0 Å². The van der Waals surface area contributed by atoms with Crippen molar-refractivity contribution in [3.8, 4) is 0 Å². The summed E-state index contributed by atoms with van der Waals surface area (Å²) in [4.78, 5) is 43.7. The third kappa shape index (κ3) is 3.29. The number of likely N-dealkylation sites (tertiary alicyclic amines) is 1. The lowest BCUT2D eigenvalue weighted by Crippen LogP contribution is -2.56. The van der Waals surface area contributed by atoms with Gasteiger partial charge in [0, 0.05) is 25.3 Å². The van der Waals surface area contributed by atoms with Crippen LogP contribution in [0.5, 0.6) is 0 Å². The predicted molar refractivity (Wildman–Crippen MR) is 117 cm³/mol. The number of nitrogens with zero attached hydrogens (tertiary/aromatic N) is 3. The number of fused-ring (bicyclic) bond motifs is 1. The molecule has 7 nitrogen and oxygen atoms in total. The maximum absolute atomic E-state index is 12.8. The van der Waals surface area contributed by atoms with Crippen LogP contribution in [0.15, 0.2) is 54.6 Å². The third-order valence-corrected chi connectivity index (χ3v) is 6.82. The van der Waals surface area contributed by atoms with Crippen molar-refractivity contribution in [1.82, 2.24) is 15.1 Å². The Balaban J connectivity index is 1.17. The number of carbonyl (C=O) groups is 3. The molecule has 0 radical (unpaired) electrons. The maximum atomic E-state index is 12.8. The second-order valence-corrected chi connectivity index (χ2v) is 8.46. The molecular formula is C24H26N4O3. The molecule has 31 heavy (non-hydrogen) atoms. The summed E-state index contributed by atoms with van der Waals surface area (Å²) < 4.78 is 0. The molecule has 1 spiro atoms. The predicted octanol–water partition coefficient (Wildman–Crippen LogP) is 2.10. The van der Waals surface area contributed by atoms with Crippen LogP contribution in [-0.4, -0.2) is 65.9 Å². The van der Waals surface area contributed by atoms with Gasteiger partial charge in [0.25, 0.3) is 11.8 Å². The zero-order valence-electron chi connectivity index (χ0n) is 17.4. The summed E-state index contributed by atoms with van der Waals surface area (Å²) >= 11 is 0. The van der Waals surface area contributed by atoms with Crippen LogP contribution in [-0.2, 0) is 4.79 Å². The number of hydrogen-bond acceptors (Lipinski definition) is 5. The Morgan fingerprint density at radius 2 is 1.42 bits per heavy atom. The summed E-state index contributed by atoms with van der Waals surface area (Å²) in [5.74, 6) is -0.277. The van der Waals surface area contributed by atoms with E-state index in [2.05, 4.69) is 27.2 Å². The van der Waals surface area contributed by atoms with Gasteiger partial charge in [0.05, 0.1) is 17.8 Å². The van der Waals surface area contributed by atoms with Gasteiger partial charge in [-0.3, -0.25) is 19.3 Å². The van der Waals surface area contributed by atoms with Gasteiger partial charge < -0.3 is 15.1 Å². The molecule has 0 unspecified atom stereocenters. The number of rotatable bonds is 5. The number of amides is 3. The average Bonchev–Trinajstić information content (AvgIpc) is 3.25. The van der Waals surface area contributed by atoms with Crippen LogP contribution in [0, 0.1) is 0 Å². The first kappa shape index (κ1) is 19.8. The molecule has 3 amide bonds. The minimum Gasteiger partial charge on any atom is -0.339 e. The largest absolute Gasteiger partial charge is 0.339 e. The van der Waals surface area contributed by atoms with Crippen molar-refractivity contribution in [2.75, 3.05) is 37.7 Å². The zero-order valence-corrected chi connectivity index (χ0v) is 17.4. The molecule has 3 aliphatic heterocycles. The average molecular weight is 418 g/mol. The third-order valence-electron chi connectivity index (χ3n) is 6.82. The summed E-state index contributed by atoms with van der Waals surface area (Å²) in [6, 6.07) is 17.1. The van der Waals surface area contributed by atoms with E-state index in [1.54, 1.807) is 24.3 Å². The van der Waals surface area contributed by atoms with Gasteiger partial charge in [-0.15, -0.1) is 0 Å². The van der Waals surface area contributed by atoms with Crippen molar-refractivity contribution in [2.24, 2.45) is 0 Å². The summed E-state index contributed by atoms with van der Waals surface area (Å²) in [5, 5.41) is 3.03. The summed E-state index contributed by atoms with van der Waals surface area (Å²) in [6.07, 6.45) is 2.26. The summed E-state index contributed by atoms with van der Waals surface area (Å²) in [5.41, 5.74) is 1.58. The van der Waals surface area contributed by atoms with Crippen molar-refractivity contribution in [3.63, 3.8) is 0 Å². The first-order valence-corrected chi connectivity index (χ1v) is 10.9. The minimum atomic E-state index is -0.486. The smallest absolute Gasteiger partial charge is 0.261 e. The van der Waals surface area contributed by atoms with E-state index < -0.39 is 5.54 Å². The molecule has 2 aromatic carbocycles. The number of imide groups is 1. The Morgan fingerprint density at radius 3 is 2.06 bits per heavy atom. The molecule has 5 rings (SSSR count). The van der Waals surface area contributed by atoms with E-state index in [0.717, 1.165) is 44.6 Å². The van der Waals surface area contributed by atoms with Crippen molar-refractivity contribution >= 4 is 23.4 Å². The van der Waals surface area contributed by atoms with Crippen molar-refractivity contribution in [3.05, 3.63) is 65.7 Å². The molecule has 2 aromatic rings. The van der Waals surface area contributed by atoms with Gasteiger partial charge >= 0.3 is 0 Å². The number of carbonyl (C=O) groups excluding carboxylic acids is 3. The van der Waals surface area contributed by atoms with E-state index in [9.17, 15) is 14.4 Å². The van der Waals surface area contributed by atoms with Crippen molar-refractivity contribution in [1.29, 1.82) is 0 Å². The minimum absolute atomic E-state index is 0.113. The molecule has 3 heterocycles. The van der Waals surface area contributed by atoms with E-state index in [4.69, 9.17) is 0 Å². The van der Waals surface area contributed by atoms with E-state index >= 15 is 0 Å². The zero-order chi connectivity index (χ0) is 21.4. The molecule has 2 saturated heterocycles. The highest BCUT2D eigenvalue weighted by molar-refractivity contribution is 6.21. The first-order valence-electron chi connectivity index (χ1n) is 10.9. The van der Waals surface area contributed by atoms with E-state index in [0.29, 0.717) is 24.3 Å². The highest BCUT2D eigenvalue weighted by Gasteiger charge is 2.50. The molecule has 0 saturated carbocycles. The highest BCUT2D eigenvalue weighted by atomic mass is 16.2. The van der Waals surface area contributed by atoms with Crippen LogP contribution in [0.2, 0.25) is 0 Å². The van der Waals surface area contributed by atoms with E-state index in [1.165, 1.54) is 4.90 Å². The number of piperidine rings is 1. The quantitative estimate of drug-likeness (QED) is 0.753. The Labute approximate surface area is 181 Å². The molecule has 1 N–H and O–H groups in total. The molecule has 0 aromatic heterocycles. The Morgan fingerprint density at radius 1 is 0.806 bits per heavy atom. The van der Waals surface area contributed by atoms with Gasteiger partial charge in [-0.05, 0) is 50.1 Å². The molecule has 2 fully saturated rings. The lowest BCUT2D eigenvalue weighted by atomic mass is 9.85. The second-order valence-electron chi connectivity index (χ2n) is 8.46. The van der Waals surface area contributed by atoms with Gasteiger partial charge in [-0.25, -0.2) is 0 Å². The van der Waals surface area contributed by atoms with Gasteiger partial charge in [0.1, 0.15) is 5.54 Å². The monoisotopic (exact) mass is 418 g/mol. The molecule has 0 bridgehead atoms. The fraction of sp³-hybridized carbons (Fsp3) is 0.375. The fourth-order valence-corrected chi connectivity index (χ4v) is 5.07. The lowest BCUT2D eigenvalue weighted by molar-refractivity contribution is -0.125. The van der Waals surface area contributed by atoms with E-state index in [-0.39, 0.29) is 17.7 Å². The van der Waals surface area contributed by atoms with Crippen LogP contribution in [0.4, 0.5) is 5.69 Å². The summed E-state index contributed by atoms with van der Waals surface area (Å²) in [7, 11) is 0.